The number of ether oxygens (including phenoxy) is 1. The standard InChI is InChI=1S/C19H20FNO4S/c20-15-4-2-1-3-14(15)16-5-6-17(26-16)19(24)21(10-7-18(22)23)13-8-11-25-12-9-13/h1-6,13H,7-12H2,(H,22,23). The third-order valence-corrected chi connectivity index (χ3v) is 5.52. The number of hydrogen-bond acceptors (Lipinski definition) is 4. The van der Waals surface area contributed by atoms with Crippen LogP contribution < -0.4 is 0 Å². The quantitative estimate of drug-likeness (QED) is 0.834. The van der Waals surface area contributed by atoms with Gasteiger partial charge >= 0.3 is 5.97 Å². The van der Waals surface area contributed by atoms with Crippen LogP contribution in [0.5, 0.6) is 0 Å². The molecular weight excluding hydrogens is 357 g/mol. The fraction of sp³-hybridized carbons (Fsp3) is 0.368. The highest BCUT2D eigenvalue weighted by Gasteiger charge is 2.28. The molecule has 0 saturated carbocycles. The summed E-state index contributed by atoms with van der Waals surface area (Å²) in [6, 6.07) is 9.82. The van der Waals surface area contributed by atoms with Crippen LogP contribution in [0.1, 0.15) is 28.9 Å². The Morgan fingerprint density at radius 2 is 1.92 bits per heavy atom. The molecule has 1 amide bonds. The first-order valence-electron chi connectivity index (χ1n) is 8.51. The molecule has 2 aromatic rings. The lowest BCUT2D eigenvalue weighted by Gasteiger charge is -2.33. The first-order valence-corrected chi connectivity index (χ1v) is 9.33. The highest BCUT2D eigenvalue weighted by molar-refractivity contribution is 7.17. The summed E-state index contributed by atoms with van der Waals surface area (Å²) in [5.41, 5.74) is 0.458. The molecule has 3 rings (SSSR count). The number of carbonyl (C=O) groups excluding carboxylic acids is 1. The first kappa shape index (κ1) is 18.5. The Morgan fingerprint density at radius 1 is 1.19 bits per heavy atom. The van der Waals surface area contributed by atoms with E-state index in [1.54, 1.807) is 35.2 Å². The molecule has 2 heterocycles. The van der Waals surface area contributed by atoms with Gasteiger partial charge in [-0.2, -0.15) is 0 Å². The van der Waals surface area contributed by atoms with Gasteiger partial charge in [0.25, 0.3) is 5.91 Å². The van der Waals surface area contributed by atoms with Crippen molar-refractivity contribution in [3.05, 3.63) is 47.1 Å². The number of thiophene rings is 1. The number of carboxylic acid groups (broad SMARTS) is 1. The first-order chi connectivity index (χ1) is 12.6. The van der Waals surface area contributed by atoms with E-state index >= 15 is 0 Å². The van der Waals surface area contributed by atoms with Gasteiger partial charge in [0.15, 0.2) is 0 Å². The molecule has 0 aliphatic carbocycles. The van der Waals surface area contributed by atoms with Crippen molar-refractivity contribution in [3.63, 3.8) is 0 Å². The minimum Gasteiger partial charge on any atom is -0.481 e. The van der Waals surface area contributed by atoms with Gasteiger partial charge in [-0.25, -0.2) is 4.39 Å². The molecule has 26 heavy (non-hydrogen) atoms. The van der Waals surface area contributed by atoms with Crippen molar-refractivity contribution in [1.82, 2.24) is 4.90 Å². The predicted octanol–water partition coefficient (Wildman–Crippen LogP) is 3.65. The number of carboxylic acids is 1. The molecule has 1 aromatic heterocycles. The molecule has 0 atom stereocenters. The number of amides is 1. The fourth-order valence-corrected chi connectivity index (χ4v) is 4.05. The van der Waals surface area contributed by atoms with Crippen molar-refractivity contribution in [3.8, 4) is 10.4 Å². The third kappa shape index (κ3) is 4.28. The maximum Gasteiger partial charge on any atom is 0.305 e. The second-order valence-corrected chi connectivity index (χ2v) is 7.21. The third-order valence-electron chi connectivity index (χ3n) is 4.42. The van der Waals surface area contributed by atoms with Crippen LogP contribution in [0.4, 0.5) is 4.39 Å². The number of nitrogens with zero attached hydrogens (tertiary/aromatic N) is 1. The molecule has 1 aliphatic heterocycles. The Kier molecular flexibility index (Phi) is 6.00. The molecule has 138 valence electrons. The van der Waals surface area contributed by atoms with E-state index in [0.29, 0.717) is 41.4 Å². The molecule has 7 heteroatoms. The van der Waals surface area contributed by atoms with Crippen molar-refractivity contribution in [2.24, 2.45) is 0 Å². The summed E-state index contributed by atoms with van der Waals surface area (Å²) in [7, 11) is 0. The predicted molar refractivity (Wildman–Crippen MR) is 96.8 cm³/mol. The summed E-state index contributed by atoms with van der Waals surface area (Å²) in [6.07, 6.45) is 1.28. The number of carbonyl (C=O) groups is 2. The number of rotatable bonds is 6. The Morgan fingerprint density at radius 3 is 2.62 bits per heavy atom. The average molecular weight is 377 g/mol. The maximum atomic E-state index is 14.0. The Balaban J connectivity index is 1.82. The van der Waals surface area contributed by atoms with Crippen molar-refractivity contribution >= 4 is 23.2 Å². The van der Waals surface area contributed by atoms with E-state index in [9.17, 15) is 14.0 Å². The molecule has 1 N–H and O–H groups in total. The van der Waals surface area contributed by atoms with Crippen LogP contribution in [0.15, 0.2) is 36.4 Å². The van der Waals surface area contributed by atoms with Crippen LogP contribution in [0.25, 0.3) is 10.4 Å². The summed E-state index contributed by atoms with van der Waals surface area (Å²) in [4.78, 5) is 26.8. The van der Waals surface area contributed by atoms with Crippen molar-refractivity contribution < 1.29 is 23.8 Å². The molecular formula is C19H20FNO4S. The minimum absolute atomic E-state index is 0.0328. The molecule has 0 unspecified atom stereocenters. The number of aliphatic carboxylic acids is 1. The van der Waals surface area contributed by atoms with E-state index in [1.165, 1.54) is 17.4 Å². The van der Waals surface area contributed by atoms with Gasteiger partial charge in [-0.1, -0.05) is 18.2 Å². The summed E-state index contributed by atoms with van der Waals surface area (Å²) in [5, 5.41) is 8.99. The van der Waals surface area contributed by atoms with Gasteiger partial charge in [0.05, 0.1) is 11.3 Å². The fourth-order valence-electron chi connectivity index (χ4n) is 3.06. The smallest absolute Gasteiger partial charge is 0.305 e. The van der Waals surface area contributed by atoms with Crippen LogP contribution in [-0.2, 0) is 9.53 Å². The van der Waals surface area contributed by atoms with E-state index in [2.05, 4.69) is 0 Å². The van der Waals surface area contributed by atoms with E-state index in [0.717, 1.165) is 0 Å². The van der Waals surface area contributed by atoms with Crippen molar-refractivity contribution in [1.29, 1.82) is 0 Å². The summed E-state index contributed by atoms with van der Waals surface area (Å²) in [6.45, 7) is 1.28. The van der Waals surface area contributed by atoms with E-state index in [4.69, 9.17) is 9.84 Å². The van der Waals surface area contributed by atoms with Gasteiger partial charge in [-0.3, -0.25) is 9.59 Å². The second-order valence-electron chi connectivity index (χ2n) is 6.13. The van der Waals surface area contributed by atoms with Crippen LogP contribution in [0.2, 0.25) is 0 Å². The lowest BCUT2D eigenvalue weighted by molar-refractivity contribution is -0.137. The number of hydrogen-bond donors (Lipinski definition) is 1. The molecule has 0 spiro atoms. The monoisotopic (exact) mass is 377 g/mol. The minimum atomic E-state index is -0.937. The van der Waals surface area contributed by atoms with Crippen molar-refractivity contribution in [2.45, 2.75) is 25.3 Å². The lowest BCUT2D eigenvalue weighted by Crippen LogP contribution is -2.44. The Hall–Kier alpha value is -2.25. The molecule has 1 saturated heterocycles. The molecule has 0 bridgehead atoms. The van der Waals surface area contributed by atoms with Crippen LogP contribution in [0, 0.1) is 5.82 Å². The summed E-state index contributed by atoms with van der Waals surface area (Å²) < 4.78 is 19.3. The number of benzene rings is 1. The second kappa shape index (κ2) is 8.42. The zero-order valence-electron chi connectivity index (χ0n) is 14.2. The van der Waals surface area contributed by atoms with Gasteiger partial charge in [0.2, 0.25) is 0 Å². The largest absolute Gasteiger partial charge is 0.481 e. The van der Waals surface area contributed by atoms with Gasteiger partial charge in [-0.15, -0.1) is 11.3 Å². The normalized spacial score (nSPS) is 15.0. The Labute approximate surface area is 155 Å². The summed E-state index contributed by atoms with van der Waals surface area (Å²) in [5.74, 6) is -1.47. The van der Waals surface area contributed by atoms with Gasteiger partial charge in [-0.05, 0) is 31.0 Å². The zero-order chi connectivity index (χ0) is 18.5. The highest BCUT2D eigenvalue weighted by atomic mass is 32.1. The molecule has 1 aromatic carbocycles. The van der Waals surface area contributed by atoms with Gasteiger partial charge < -0.3 is 14.7 Å². The van der Waals surface area contributed by atoms with E-state index in [1.807, 2.05) is 0 Å². The molecule has 5 nitrogen and oxygen atoms in total. The maximum absolute atomic E-state index is 14.0. The lowest BCUT2D eigenvalue weighted by atomic mass is 10.1. The van der Waals surface area contributed by atoms with Crippen molar-refractivity contribution in [2.75, 3.05) is 19.8 Å². The van der Waals surface area contributed by atoms with Crippen LogP contribution in [0.3, 0.4) is 0 Å². The summed E-state index contributed by atoms with van der Waals surface area (Å²) >= 11 is 1.22. The average Bonchev–Trinajstić information content (AvgIpc) is 3.12. The SMILES string of the molecule is O=C(O)CCN(C(=O)c1ccc(-c2ccccc2F)s1)C1CCOCC1. The zero-order valence-corrected chi connectivity index (χ0v) is 15.0. The van der Waals surface area contributed by atoms with Gasteiger partial charge in [0.1, 0.15) is 5.82 Å². The van der Waals surface area contributed by atoms with Crippen LogP contribution in [-0.4, -0.2) is 47.7 Å². The number of halogens is 1. The Bertz CT molecular complexity index is 785. The van der Waals surface area contributed by atoms with E-state index in [-0.39, 0.29) is 30.7 Å². The van der Waals surface area contributed by atoms with E-state index < -0.39 is 5.97 Å². The molecule has 1 fully saturated rings. The molecule has 1 aliphatic rings. The molecule has 0 radical (unpaired) electrons. The van der Waals surface area contributed by atoms with Crippen LogP contribution >= 0.6 is 11.3 Å². The topological polar surface area (TPSA) is 66.8 Å². The van der Waals surface area contributed by atoms with Gasteiger partial charge in [0, 0.05) is 36.2 Å². The highest BCUT2D eigenvalue weighted by Crippen LogP contribution is 2.31.